The Kier molecular flexibility index (Phi) is 3.62. The number of benzene rings is 1. The van der Waals surface area contributed by atoms with Gasteiger partial charge in [0.1, 0.15) is 6.04 Å². The molecule has 2 amide bonds. The minimum absolute atomic E-state index is 0.0739. The van der Waals surface area contributed by atoms with Gasteiger partial charge in [0, 0.05) is 12.2 Å². The van der Waals surface area contributed by atoms with Gasteiger partial charge in [-0.05, 0) is 25.5 Å². The molecule has 5 heteroatoms. The van der Waals surface area contributed by atoms with Crippen LogP contribution in [0.4, 0.5) is 5.69 Å². The lowest BCUT2D eigenvalue weighted by atomic mass is 10.2. The molecule has 2 rings (SSSR count). The monoisotopic (exact) mass is 247 g/mol. The molecular weight excluding hydrogens is 230 g/mol. The summed E-state index contributed by atoms with van der Waals surface area (Å²) in [5.74, 6) is -0.363. The number of amides is 2. The van der Waals surface area contributed by atoms with E-state index in [9.17, 15) is 9.59 Å². The Bertz CT molecular complexity index is 445. The fourth-order valence-corrected chi connectivity index (χ4v) is 1.98. The van der Waals surface area contributed by atoms with E-state index in [1.807, 2.05) is 30.3 Å². The van der Waals surface area contributed by atoms with Crippen molar-refractivity contribution in [1.82, 2.24) is 5.32 Å². The van der Waals surface area contributed by atoms with Crippen molar-refractivity contribution >= 4 is 17.5 Å². The Morgan fingerprint density at radius 2 is 2.11 bits per heavy atom. The van der Waals surface area contributed by atoms with Gasteiger partial charge in [-0.25, -0.2) is 0 Å². The van der Waals surface area contributed by atoms with E-state index in [1.165, 1.54) is 0 Å². The molecule has 5 nitrogen and oxygen atoms in total. The molecule has 0 aliphatic carbocycles. The summed E-state index contributed by atoms with van der Waals surface area (Å²) in [6, 6.07) is 8.39. The second-order valence-corrected chi connectivity index (χ2v) is 4.46. The highest BCUT2D eigenvalue weighted by atomic mass is 16.2. The van der Waals surface area contributed by atoms with Crippen molar-refractivity contribution in [1.29, 1.82) is 0 Å². The predicted octanol–water partition coefficient (Wildman–Crippen LogP) is 0.255. The Hall–Kier alpha value is -1.88. The van der Waals surface area contributed by atoms with Crippen molar-refractivity contribution in [2.75, 3.05) is 11.4 Å². The third kappa shape index (κ3) is 2.51. The molecular formula is C13H17N3O2. The highest BCUT2D eigenvalue weighted by Gasteiger charge is 2.33. The van der Waals surface area contributed by atoms with Crippen LogP contribution >= 0.6 is 0 Å². The minimum atomic E-state index is -0.594. The third-order valence-electron chi connectivity index (χ3n) is 3.00. The van der Waals surface area contributed by atoms with E-state index in [4.69, 9.17) is 5.73 Å². The summed E-state index contributed by atoms with van der Waals surface area (Å²) < 4.78 is 0. The van der Waals surface area contributed by atoms with Crippen LogP contribution in [0.25, 0.3) is 0 Å². The van der Waals surface area contributed by atoms with E-state index in [1.54, 1.807) is 11.8 Å². The van der Waals surface area contributed by atoms with Gasteiger partial charge in [-0.2, -0.15) is 0 Å². The van der Waals surface area contributed by atoms with Crippen molar-refractivity contribution < 1.29 is 9.59 Å². The number of nitrogens with one attached hydrogen (secondary N) is 1. The van der Waals surface area contributed by atoms with Crippen LogP contribution in [-0.4, -0.2) is 30.4 Å². The quantitative estimate of drug-likeness (QED) is 0.804. The highest BCUT2D eigenvalue weighted by Crippen LogP contribution is 2.20. The highest BCUT2D eigenvalue weighted by molar-refractivity contribution is 6.01. The summed E-state index contributed by atoms with van der Waals surface area (Å²) in [7, 11) is 0. The summed E-state index contributed by atoms with van der Waals surface area (Å²) in [4.78, 5) is 25.3. The zero-order valence-corrected chi connectivity index (χ0v) is 10.3. The molecule has 0 radical (unpaired) electrons. The van der Waals surface area contributed by atoms with Crippen LogP contribution in [0.15, 0.2) is 30.3 Å². The molecule has 1 aromatic rings. The van der Waals surface area contributed by atoms with Gasteiger partial charge in [0.15, 0.2) is 0 Å². The summed E-state index contributed by atoms with van der Waals surface area (Å²) in [6.07, 6.45) is 0.617. The fraction of sp³-hybridized carbons (Fsp3) is 0.385. The molecule has 0 spiro atoms. The molecule has 1 aliphatic rings. The summed E-state index contributed by atoms with van der Waals surface area (Å²) in [5, 5.41) is 2.67. The van der Waals surface area contributed by atoms with E-state index in [0.717, 1.165) is 5.69 Å². The first kappa shape index (κ1) is 12.6. The smallest absolute Gasteiger partial charge is 0.249 e. The Morgan fingerprint density at radius 1 is 1.44 bits per heavy atom. The molecule has 1 aliphatic heterocycles. The lowest BCUT2D eigenvalue weighted by Gasteiger charge is -2.17. The molecule has 0 aromatic heterocycles. The number of carbonyl (C=O) groups excluding carboxylic acids is 2. The normalized spacial score (nSPS) is 20.9. The van der Waals surface area contributed by atoms with Crippen molar-refractivity contribution in [3.8, 4) is 0 Å². The van der Waals surface area contributed by atoms with Gasteiger partial charge in [-0.15, -0.1) is 0 Å². The first-order valence-electron chi connectivity index (χ1n) is 6.02. The van der Waals surface area contributed by atoms with Crippen LogP contribution in [-0.2, 0) is 9.59 Å². The number of nitrogens with two attached hydrogens (primary N) is 1. The molecule has 0 bridgehead atoms. The minimum Gasteiger partial charge on any atom is -0.343 e. The number of anilines is 1. The number of carbonyl (C=O) groups is 2. The maximum Gasteiger partial charge on any atom is 0.249 e. The van der Waals surface area contributed by atoms with Crippen molar-refractivity contribution in [2.45, 2.75) is 25.4 Å². The van der Waals surface area contributed by atoms with Crippen molar-refractivity contribution in [3.05, 3.63) is 30.3 Å². The molecule has 1 aromatic carbocycles. The maximum absolute atomic E-state index is 12.1. The predicted molar refractivity (Wildman–Crippen MR) is 69.0 cm³/mol. The molecule has 18 heavy (non-hydrogen) atoms. The lowest BCUT2D eigenvalue weighted by molar-refractivity contribution is -0.127. The largest absolute Gasteiger partial charge is 0.343 e. The van der Waals surface area contributed by atoms with Crippen LogP contribution in [0, 0.1) is 0 Å². The van der Waals surface area contributed by atoms with E-state index < -0.39 is 12.1 Å². The topological polar surface area (TPSA) is 75.4 Å². The summed E-state index contributed by atoms with van der Waals surface area (Å²) in [5.41, 5.74) is 6.33. The van der Waals surface area contributed by atoms with Crippen molar-refractivity contribution in [2.24, 2.45) is 5.73 Å². The van der Waals surface area contributed by atoms with Gasteiger partial charge in [0.2, 0.25) is 11.8 Å². The third-order valence-corrected chi connectivity index (χ3v) is 3.00. The molecule has 0 saturated carbocycles. The number of hydrogen-bond donors (Lipinski definition) is 2. The number of para-hydroxylation sites is 1. The SMILES string of the molecule is C[C@@H](N)C(=O)NC1CCN(c2ccccc2)C1=O. The van der Waals surface area contributed by atoms with Gasteiger partial charge in [-0.1, -0.05) is 18.2 Å². The molecule has 1 heterocycles. The lowest BCUT2D eigenvalue weighted by Crippen LogP contribution is -2.47. The Balaban J connectivity index is 2.04. The molecule has 2 atom stereocenters. The van der Waals surface area contributed by atoms with Gasteiger partial charge >= 0.3 is 0 Å². The van der Waals surface area contributed by atoms with Crippen LogP contribution in [0.2, 0.25) is 0 Å². The average molecular weight is 247 g/mol. The van der Waals surface area contributed by atoms with Crippen LogP contribution in [0.5, 0.6) is 0 Å². The van der Waals surface area contributed by atoms with Gasteiger partial charge in [-0.3, -0.25) is 9.59 Å². The van der Waals surface area contributed by atoms with Crippen LogP contribution in [0.1, 0.15) is 13.3 Å². The molecule has 96 valence electrons. The van der Waals surface area contributed by atoms with Gasteiger partial charge in [0.25, 0.3) is 0 Å². The standard InChI is InChI=1S/C13H17N3O2/c1-9(14)12(17)15-11-7-8-16(13(11)18)10-5-3-2-4-6-10/h2-6,9,11H,7-8,14H2,1H3,(H,15,17)/t9-,11?/m1/s1. The summed E-state index contributed by atoms with van der Waals surface area (Å²) >= 11 is 0. The fourth-order valence-electron chi connectivity index (χ4n) is 1.98. The second kappa shape index (κ2) is 5.18. The average Bonchev–Trinajstić information content (AvgIpc) is 2.72. The van der Waals surface area contributed by atoms with E-state index in [0.29, 0.717) is 13.0 Å². The van der Waals surface area contributed by atoms with Gasteiger partial charge < -0.3 is 16.0 Å². The van der Waals surface area contributed by atoms with Crippen LogP contribution < -0.4 is 16.0 Å². The van der Waals surface area contributed by atoms with Crippen LogP contribution in [0.3, 0.4) is 0 Å². The zero-order valence-electron chi connectivity index (χ0n) is 10.3. The van der Waals surface area contributed by atoms with Gasteiger partial charge in [0.05, 0.1) is 6.04 Å². The van der Waals surface area contributed by atoms with Crippen molar-refractivity contribution in [3.63, 3.8) is 0 Å². The molecule has 1 saturated heterocycles. The first-order chi connectivity index (χ1) is 8.59. The number of hydrogen-bond acceptors (Lipinski definition) is 3. The maximum atomic E-state index is 12.1. The molecule has 1 fully saturated rings. The second-order valence-electron chi connectivity index (χ2n) is 4.46. The molecule has 1 unspecified atom stereocenters. The van der Waals surface area contributed by atoms with E-state index >= 15 is 0 Å². The Labute approximate surface area is 106 Å². The first-order valence-corrected chi connectivity index (χ1v) is 6.02. The van der Waals surface area contributed by atoms with E-state index in [-0.39, 0.29) is 11.8 Å². The Morgan fingerprint density at radius 3 is 2.72 bits per heavy atom. The van der Waals surface area contributed by atoms with E-state index in [2.05, 4.69) is 5.32 Å². The molecule has 3 N–H and O–H groups in total. The number of rotatable bonds is 3. The number of nitrogens with zero attached hydrogens (tertiary/aromatic N) is 1. The zero-order chi connectivity index (χ0) is 13.1. The summed E-state index contributed by atoms with van der Waals surface area (Å²) in [6.45, 7) is 2.22.